The zero-order valence-corrected chi connectivity index (χ0v) is 9.45. The fourth-order valence-corrected chi connectivity index (χ4v) is 2.45. The highest BCUT2D eigenvalue weighted by Crippen LogP contribution is 2.34. The summed E-state index contributed by atoms with van der Waals surface area (Å²) in [5.74, 6) is 0.793. The van der Waals surface area contributed by atoms with Crippen LogP contribution in [0.15, 0.2) is 30.3 Å². The van der Waals surface area contributed by atoms with E-state index in [2.05, 4.69) is 19.1 Å². The van der Waals surface area contributed by atoms with Gasteiger partial charge in [0.15, 0.2) is 0 Å². The van der Waals surface area contributed by atoms with Gasteiger partial charge in [0, 0.05) is 6.42 Å². The molecule has 0 aliphatic heterocycles. The van der Waals surface area contributed by atoms with Gasteiger partial charge in [-0.15, -0.1) is 0 Å². The molecule has 1 N–H and O–H groups in total. The average Bonchev–Trinajstić information content (AvgIpc) is 2.24. The van der Waals surface area contributed by atoms with E-state index in [0.29, 0.717) is 0 Å². The quantitative estimate of drug-likeness (QED) is 0.784. The van der Waals surface area contributed by atoms with Crippen molar-refractivity contribution in [1.29, 1.82) is 0 Å². The minimum absolute atomic E-state index is 0.437. The van der Waals surface area contributed by atoms with Gasteiger partial charge in [-0.3, -0.25) is 0 Å². The van der Waals surface area contributed by atoms with Gasteiger partial charge in [0.2, 0.25) is 0 Å². The van der Waals surface area contributed by atoms with E-state index in [1.54, 1.807) is 0 Å². The molecule has 0 radical (unpaired) electrons. The minimum atomic E-state index is -0.437. The molecule has 82 valence electrons. The van der Waals surface area contributed by atoms with E-state index in [-0.39, 0.29) is 0 Å². The fourth-order valence-electron chi connectivity index (χ4n) is 2.45. The second-order valence-electron chi connectivity index (χ2n) is 5.07. The van der Waals surface area contributed by atoms with E-state index in [1.807, 2.05) is 18.2 Å². The van der Waals surface area contributed by atoms with Gasteiger partial charge in [-0.1, -0.05) is 37.3 Å². The van der Waals surface area contributed by atoms with Crippen molar-refractivity contribution in [3.05, 3.63) is 35.9 Å². The van der Waals surface area contributed by atoms with Crippen LogP contribution in [0.5, 0.6) is 0 Å². The van der Waals surface area contributed by atoms with E-state index < -0.39 is 5.60 Å². The second kappa shape index (κ2) is 4.36. The molecular formula is C14H20O. The van der Waals surface area contributed by atoms with E-state index >= 15 is 0 Å². The molecule has 1 heteroatoms. The summed E-state index contributed by atoms with van der Waals surface area (Å²) in [6.07, 6.45) is 5.08. The first-order valence-corrected chi connectivity index (χ1v) is 5.94. The van der Waals surface area contributed by atoms with E-state index in [4.69, 9.17) is 0 Å². The summed E-state index contributed by atoms with van der Waals surface area (Å²) in [4.78, 5) is 0. The van der Waals surface area contributed by atoms with Crippen LogP contribution in [0.4, 0.5) is 0 Å². The Morgan fingerprint density at radius 1 is 1.20 bits per heavy atom. The molecule has 2 rings (SSSR count). The lowest BCUT2D eigenvalue weighted by Gasteiger charge is -2.35. The third kappa shape index (κ3) is 2.82. The Morgan fingerprint density at radius 2 is 1.80 bits per heavy atom. The van der Waals surface area contributed by atoms with Gasteiger partial charge in [0.25, 0.3) is 0 Å². The maximum absolute atomic E-state index is 10.4. The number of hydrogen-bond acceptors (Lipinski definition) is 1. The van der Waals surface area contributed by atoms with Crippen LogP contribution < -0.4 is 0 Å². The van der Waals surface area contributed by atoms with E-state index in [1.165, 1.54) is 18.4 Å². The van der Waals surface area contributed by atoms with Crippen LogP contribution in [0, 0.1) is 5.92 Å². The third-order valence-electron chi connectivity index (χ3n) is 3.58. The molecule has 0 unspecified atom stereocenters. The Hall–Kier alpha value is -0.820. The molecule has 1 aromatic carbocycles. The molecule has 1 fully saturated rings. The van der Waals surface area contributed by atoms with Crippen LogP contribution in [0.3, 0.4) is 0 Å². The summed E-state index contributed by atoms with van der Waals surface area (Å²) in [6, 6.07) is 10.3. The summed E-state index contributed by atoms with van der Waals surface area (Å²) in [5.41, 5.74) is 0.822. The van der Waals surface area contributed by atoms with Gasteiger partial charge in [0.05, 0.1) is 5.60 Å². The van der Waals surface area contributed by atoms with Crippen LogP contribution in [0.25, 0.3) is 0 Å². The van der Waals surface area contributed by atoms with E-state index in [9.17, 15) is 5.11 Å². The number of hydrogen-bond donors (Lipinski definition) is 1. The van der Waals surface area contributed by atoms with Crippen molar-refractivity contribution in [1.82, 2.24) is 0 Å². The summed E-state index contributed by atoms with van der Waals surface area (Å²) < 4.78 is 0. The maximum atomic E-state index is 10.4. The summed E-state index contributed by atoms with van der Waals surface area (Å²) in [5, 5.41) is 10.4. The number of aliphatic hydroxyl groups is 1. The second-order valence-corrected chi connectivity index (χ2v) is 5.07. The van der Waals surface area contributed by atoms with Crippen molar-refractivity contribution >= 4 is 0 Å². The van der Waals surface area contributed by atoms with Crippen molar-refractivity contribution in [3.8, 4) is 0 Å². The Balaban J connectivity index is 1.99. The Morgan fingerprint density at radius 3 is 2.40 bits per heavy atom. The van der Waals surface area contributed by atoms with Crippen LogP contribution in [0.1, 0.15) is 38.2 Å². The molecule has 0 heterocycles. The van der Waals surface area contributed by atoms with Gasteiger partial charge in [-0.05, 0) is 37.2 Å². The van der Waals surface area contributed by atoms with Gasteiger partial charge in [-0.2, -0.15) is 0 Å². The van der Waals surface area contributed by atoms with Crippen molar-refractivity contribution in [2.45, 2.75) is 44.6 Å². The Kier molecular flexibility index (Phi) is 3.11. The lowest BCUT2D eigenvalue weighted by Crippen LogP contribution is -2.35. The van der Waals surface area contributed by atoms with Gasteiger partial charge < -0.3 is 5.11 Å². The Bertz CT molecular complexity index is 296. The molecule has 15 heavy (non-hydrogen) atoms. The average molecular weight is 204 g/mol. The molecule has 0 atom stereocenters. The molecule has 1 aliphatic carbocycles. The monoisotopic (exact) mass is 204 g/mol. The first-order chi connectivity index (χ1) is 7.18. The maximum Gasteiger partial charge on any atom is 0.0688 e. The first kappa shape index (κ1) is 10.7. The molecule has 1 aliphatic rings. The molecule has 0 amide bonds. The summed E-state index contributed by atoms with van der Waals surface area (Å²) in [6.45, 7) is 2.28. The van der Waals surface area contributed by atoms with Crippen LogP contribution in [0.2, 0.25) is 0 Å². The summed E-state index contributed by atoms with van der Waals surface area (Å²) >= 11 is 0. The first-order valence-electron chi connectivity index (χ1n) is 5.94. The SMILES string of the molecule is CC1CCC(O)(Cc2ccccc2)CC1. The predicted molar refractivity (Wildman–Crippen MR) is 62.7 cm³/mol. The summed E-state index contributed by atoms with van der Waals surface area (Å²) in [7, 11) is 0. The number of rotatable bonds is 2. The highest BCUT2D eigenvalue weighted by Gasteiger charge is 2.31. The van der Waals surface area contributed by atoms with Gasteiger partial charge >= 0.3 is 0 Å². The van der Waals surface area contributed by atoms with Crippen LogP contribution in [-0.2, 0) is 6.42 Å². The highest BCUT2D eigenvalue weighted by molar-refractivity contribution is 5.17. The largest absolute Gasteiger partial charge is 0.390 e. The minimum Gasteiger partial charge on any atom is -0.390 e. The molecular weight excluding hydrogens is 184 g/mol. The Labute approximate surface area is 92.1 Å². The predicted octanol–water partition coefficient (Wildman–Crippen LogP) is 3.17. The van der Waals surface area contributed by atoms with Crippen LogP contribution >= 0.6 is 0 Å². The molecule has 1 saturated carbocycles. The molecule has 0 saturated heterocycles. The zero-order valence-electron chi connectivity index (χ0n) is 9.45. The van der Waals surface area contributed by atoms with Crippen molar-refractivity contribution < 1.29 is 5.11 Å². The van der Waals surface area contributed by atoms with Crippen molar-refractivity contribution in [2.75, 3.05) is 0 Å². The lowest BCUT2D eigenvalue weighted by molar-refractivity contribution is -0.00667. The molecule has 0 bridgehead atoms. The van der Waals surface area contributed by atoms with Gasteiger partial charge in [0.1, 0.15) is 0 Å². The van der Waals surface area contributed by atoms with Crippen LogP contribution in [-0.4, -0.2) is 10.7 Å². The van der Waals surface area contributed by atoms with Crippen molar-refractivity contribution in [3.63, 3.8) is 0 Å². The van der Waals surface area contributed by atoms with Crippen molar-refractivity contribution in [2.24, 2.45) is 5.92 Å². The number of benzene rings is 1. The lowest BCUT2D eigenvalue weighted by atomic mass is 9.76. The normalized spacial score (nSPS) is 31.5. The molecule has 0 spiro atoms. The third-order valence-corrected chi connectivity index (χ3v) is 3.58. The highest BCUT2D eigenvalue weighted by atomic mass is 16.3. The molecule has 1 nitrogen and oxygen atoms in total. The molecule has 0 aromatic heterocycles. The topological polar surface area (TPSA) is 20.2 Å². The zero-order chi connectivity index (χ0) is 10.7. The standard InChI is InChI=1S/C14H20O/c1-12-7-9-14(15,10-8-12)11-13-5-3-2-4-6-13/h2-6,12,15H,7-11H2,1H3. The van der Waals surface area contributed by atoms with Gasteiger partial charge in [-0.25, -0.2) is 0 Å². The molecule has 1 aromatic rings. The van der Waals surface area contributed by atoms with E-state index in [0.717, 1.165) is 25.2 Å². The fraction of sp³-hybridized carbons (Fsp3) is 0.571. The smallest absolute Gasteiger partial charge is 0.0688 e.